The van der Waals surface area contributed by atoms with Gasteiger partial charge in [0, 0.05) is 6.04 Å². The summed E-state index contributed by atoms with van der Waals surface area (Å²) in [7, 11) is 1.41. The van der Waals surface area contributed by atoms with Crippen molar-refractivity contribution in [2.45, 2.75) is 18.9 Å². The molecule has 0 aromatic heterocycles. The third-order valence-corrected chi connectivity index (χ3v) is 2.97. The van der Waals surface area contributed by atoms with Crippen LogP contribution in [0.2, 0.25) is 5.02 Å². The fourth-order valence-electron chi connectivity index (χ4n) is 1.94. The summed E-state index contributed by atoms with van der Waals surface area (Å²) in [6.07, 6.45) is 2.15. The molecule has 1 N–H and O–H groups in total. The first-order valence-electron chi connectivity index (χ1n) is 4.98. The summed E-state index contributed by atoms with van der Waals surface area (Å²) in [5.74, 6) is -0.271. The highest BCUT2D eigenvalue weighted by Crippen LogP contribution is 2.33. The van der Waals surface area contributed by atoms with E-state index in [2.05, 4.69) is 5.32 Å². The zero-order chi connectivity index (χ0) is 10.8. The second-order valence-corrected chi connectivity index (χ2v) is 4.07. The lowest BCUT2D eigenvalue weighted by molar-refractivity contribution is 0.386. The lowest BCUT2D eigenvalue weighted by Gasteiger charge is -2.13. The molecule has 15 heavy (non-hydrogen) atoms. The first-order chi connectivity index (χ1) is 7.22. The first-order valence-corrected chi connectivity index (χ1v) is 5.36. The second-order valence-electron chi connectivity index (χ2n) is 3.67. The van der Waals surface area contributed by atoms with Crippen molar-refractivity contribution in [3.05, 3.63) is 28.5 Å². The van der Waals surface area contributed by atoms with Crippen LogP contribution in [0, 0.1) is 5.82 Å². The van der Waals surface area contributed by atoms with Gasteiger partial charge in [0.15, 0.2) is 11.6 Å². The smallest absolute Gasteiger partial charge is 0.173 e. The van der Waals surface area contributed by atoms with Gasteiger partial charge in [-0.15, -0.1) is 0 Å². The highest BCUT2D eigenvalue weighted by atomic mass is 35.5. The minimum Gasteiger partial charge on any atom is -0.492 e. The van der Waals surface area contributed by atoms with E-state index < -0.39 is 5.82 Å². The molecule has 4 heteroatoms. The predicted octanol–water partition coefficient (Wildman–Crippen LogP) is 2.91. The van der Waals surface area contributed by atoms with E-state index in [1.54, 1.807) is 6.07 Å². The number of benzene rings is 1. The molecule has 1 aliphatic heterocycles. The monoisotopic (exact) mass is 229 g/mol. The average molecular weight is 230 g/mol. The van der Waals surface area contributed by atoms with Crippen LogP contribution in [0.3, 0.4) is 0 Å². The third-order valence-electron chi connectivity index (χ3n) is 2.69. The molecular formula is C11H13ClFNO. The summed E-state index contributed by atoms with van der Waals surface area (Å²) in [4.78, 5) is 0. The van der Waals surface area contributed by atoms with Gasteiger partial charge in [-0.05, 0) is 37.1 Å². The fourth-order valence-corrected chi connectivity index (χ4v) is 2.24. The van der Waals surface area contributed by atoms with Crippen LogP contribution >= 0.6 is 11.6 Å². The molecule has 1 aliphatic rings. The molecule has 1 aromatic rings. The molecule has 1 saturated heterocycles. The third kappa shape index (κ3) is 2.08. The highest BCUT2D eigenvalue weighted by Gasteiger charge is 2.19. The zero-order valence-corrected chi connectivity index (χ0v) is 9.27. The van der Waals surface area contributed by atoms with E-state index in [4.69, 9.17) is 16.3 Å². The Bertz CT molecular complexity index is 341. The van der Waals surface area contributed by atoms with Crippen molar-refractivity contribution in [1.29, 1.82) is 0 Å². The first kappa shape index (κ1) is 10.7. The van der Waals surface area contributed by atoms with Crippen LogP contribution in [0.4, 0.5) is 4.39 Å². The molecule has 0 unspecified atom stereocenters. The molecule has 0 aliphatic carbocycles. The molecule has 1 fully saturated rings. The lowest BCUT2D eigenvalue weighted by atomic mass is 10.1. The summed E-state index contributed by atoms with van der Waals surface area (Å²) in [6.45, 7) is 0.982. The summed E-state index contributed by atoms with van der Waals surface area (Å²) in [5.41, 5.74) is 0.899. The van der Waals surface area contributed by atoms with Gasteiger partial charge >= 0.3 is 0 Å². The summed E-state index contributed by atoms with van der Waals surface area (Å²) >= 11 is 5.92. The van der Waals surface area contributed by atoms with Crippen molar-refractivity contribution in [3.63, 3.8) is 0 Å². The van der Waals surface area contributed by atoms with Crippen molar-refractivity contribution in [2.24, 2.45) is 0 Å². The van der Waals surface area contributed by atoms with Crippen LogP contribution < -0.4 is 10.1 Å². The van der Waals surface area contributed by atoms with E-state index in [-0.39, 0.29) is 11.8 Å². The predicted molar refractivity (Wildman–Crippen MR) is 57.9 cm³/mol. The van der Waals surface area contributed by atoms with E-state index in [1.807, 2.05) is 0 Å². The number of hydrogen-bond donors (Lipinski definition) is 1. The van der Waals surface area contributed by atoms with Gasteiger partial charge in [0.25, 0.3) is 0 Å². The highest BCUT2D eigenvalue weighted by molar-refractivity contribution is 6.32. The number of methoxy groups -OCH3 is 1. The van der Waals surface area contributed by atoms with Crippen LogP contribution in [0.15, 0.2) is 12.1 Å². The van der Waals surface area contributed by atoms with Crippen LogP contribution in [0.25, 0.3) is 0 Å². The van der Waals surface area contributed by atoms with Gasteiger partial charge in [-0.1, -0.05) is 11.6 Å². The lowest BCUT2D eigenvalue weighted by Crippen LogP contribution is -2.13. The summed E-state index contributed by atoms with van der Waals surface area (Å²) < 4.78 is 18.4. The molecule has 2 rings (SSSR count). The van der Waals surface area contributed by atoms with Gasteiger partial charge in [-0.2, -0.15) is 0 Å². The van der Waals surface area contributed by atoms with Gasteiger partial charge in [-0.3, -0.25) is 0 Å². The molecule has 1 heterocycles. The Morgan fingerprint density at radius 3 is 2.87 bits per heavy atom. The van der Waals surface area contributed by atoms with Crippen molar-refractivity contribution in [2.75, 3.05) is 13.7 Å². The van der Waals surface area contributed by atoms with Crippen molar-refractivity contribution < 1.29 is 9.13 Å². The van der Waals surface area contributed by atoms with Gasteiger partial charge in [-0.25, -0.2) is 4.39 Å². The van der Waals surface area contributed by atoms with Crippen molar-refractivity contribution in [3.8, 4) is 5.75 Å². The fraction of sp³-hybridized carbons (Fsp3) is 0.455. The Morgan fingerprint density at radius 2 is 2.33 bits per heavy atom. The summed E-state index contributed by atoms with van der Waals surface area (Å²) in [6, 6.07) is 3.49. The van der Waals surface area contributed by atoms with Gasteiger partial charge in [0.2, 0.25) is 0 Å². The maximum atomic E-state index is 13.5. The normalized spacial score (nSPS) is 20.6. The molecule has 0 amide bonds. The van der Waals surface area contributed by atoms with Crippen LogP contribution in [0.1, 0.15) is 24.4 Å². The average Bonchev–Trinajstić information content (AvgIpc) is 2.69. The largest absolute Gasteiger partial charge is 0.492 e. The summed E-state index contributed by atoms with van der Waals surface area (Å²) in [5, 5.41) is 3.63. The molecule has 1 aromatic carbocycles. The zero-order valence-electron chi connectivity index (χ0n) is 8.52. The Balaban J connectivity index is 2.33. The van der Waals surface area contributed by atoms with E-state index in [0.717, 1.165) is 24.9 Å². The molecule has 0 radical (unpaired) electrons. The Labute approximate surface area is 93.4 Å². The van der Waals surface area contributed by atoms with Crippen LogP contribution in [-0.2, 0) is 0 Å². The van der Waals surface area contributed by atoms with E-state index in [9.17, 15) is 4.39 Å². The quantitative estimate of drug-likeness (QED) is 0.842. The number of ether oxygens (including phenoxy) is 1. The molecule has 2 nitrogen and oxygen atoms in total. The topological polar surface area (TPSA) is 21.3 Å². The number of halogens is 2. The molecule has 82 valence electrons. The van der Waals surface area contributed by atoms with Crippen molar-refractivity contribution >= 4 is 11.6 Å². The van der Waals surface area contributed by atoms with Crippen molar-refractivity contribution in [1.82, 2.24) is 5.32 Å². The second kappa shape index (κ2) is 4.37. The molecular weight excluding hydrogens is 217 g/mol. The molecule has 0 spiro atoms. The maximum absolute atomic E-state index is 13.5. The number of rotatable bonds is 2. The molecule has 0 bridgehead atoms. The Kier molecular flexibility index (Phi) is 3.12. The van der Waals surface area contributed by atoms with Gasteiger partial charge in [0.05, 0.1) is 12.1 Å². The number of hydrogen-bond acceptors (Lipinski definition) is 2. The minimum atomic E-state index is -0.395. The Hall–Kier alpha value is -0.800. The van der Waals surface area contributed by atoms with E-state index >= 15 is 0 Å². The van der Waals surface area contributed by atoms with E-state index in [0.29, 0.717) is 5.02 Å². The van der Waals surface area contributed by atoms with Crippen LogP contribution in [-0.4, -0.2) is 13.7 Å². The molecule has 1 atom stereocenters. The maximum Gasteiger partial charge on any atom is 0.173 e. The van der Waals surface area contributed by atoms with Gasteiger partial charge < -0.3 is 10.1 Å². The van der Waals surface area contributed by atoms with Crippen LogP contribution in [0.5, 0.6) is 5.75 Å². The SMILES string of the molecule is COc1c(F)cc([C@H]2CCCN2)cc1Cl. The molecule has 0 saturated carbocycles. The van der Waals surface area contributed by atoms with E-state index in [1.165, 1.54) is 13.2 Å². The van der Waals surface area contributed by atoms with Gasteiger partial charge in [0.1, 0.15) is 0 Å². The number of nitrogens with one attached hydrogen (secondary N) is 1. The Morgan fingerprint density at radius 1 is 1.53 bits per heavy atom. The minimum absolute atomic E-state index is 0.124. The standard InChI is InChI=1S/C11H13ClFNO/c1-15-11-8(12)5-7(6-9(11)13)10-3-2-4-14-10/h5-6,10,14H,2-4H2,1H3/t10-/m1/s1.